The van der Waals surface area contributed by atoms with Crippen molar-refractivity contribution >= 4 is 15.9 Å². The lowest BCUT2D eigenvalue weighted by atomic mass is 10.1. The Balaban J connectivity index is 1.52. The molecule has 0 spiro atoms. The second-order valence-corrected chi connectivity index (χ2v) is 9.51. The van der Waals surface area contributed by atoms with Gasteiger partial charge >= 0.3 is 6.03 Å². The van der Waals surface area contributed by atoms with Crippen LogP contribution < -0.4 is 0 Å². The first-order valence-corrected chi connectivity index (χ1v) is 10.4. The highest BCUT2D eigenvalue weighted by Crippen LogP contribution is 2.39. The Morgan fingerprint density at radius 3 is 2.60 bits per heavy atom. The lowest BCUT2D eigenvalue weighted by Gasteiger charge is -2.44. The predicted octanol–water partition coefficient (Wildman–Crippen LogP) is -0.0882. The maximum atomic E-state index is 12.4. The van der Waals surface area contributed by atoms with Gasteiger partial charge in [-0.1, -0.05) is 0 Å². The minimum atomic E-state index is -3.17. The Bertz CT molecular complexity index is 773. The van der Waals surface area contributed by atoms with Crippen molar-refractivity contribution in [2.24, 2.45) is 0 Å². The van der Waals surface area contributed by atoms with Crippen molar-refractivity contribution in [2.75, 3.05) is 38.7 Å². The van der Waals surface area contributed by atoms with Gasteiger partial charge in [-0.05, 0) is 12.8 Å². The summed E-state index contributed by atoms with van der Waals surface area (Å²) in [7, 11) is 0.206. The number of hydrogen-bond donors (Lipinski definition) is 0. The summed E-state index contributed by atoms with van der Waals surface area (Å²) in [6.07, 6.45) is 2.19. The molecule has 0 N–H and O–H groups in total. The summed E-state index contributed by atoms with van der Waals surface area (Å²) in [5.41, 5.74) is 0. The van der Waals surface area contributed by atoms with Gasteiger partial charge < -0.3 is 14.2 Å². The normalized spacial score (nSPS) is 28.8. The van der Waals surface area contributed by atoms with Gasteiger partial charge in [0.05, 0.1) is 24.1 Å². The van der Waals surface area contributed by atoms with Gasteiger partial charge in [0, 0.05) is 39.1 Å². The highest BCUT2D eigenvalue weighted by Gasteiger charge is 2.48. The zero-order valence-electron chi connectivity index (χ0n) is 14.5. The van der Waals surface area contributed by atoms with E-state index in [1.807, 2.05) is 0 Å². The largest absolute Gasteiger partial charge is 0.424 e. The van der Waals surface area contributed by atoms with Crippen LogP contribution in [0.4, 0.5) is 4.79 Å². The highest BCUT2D eigenvalue weighted by atomic mass is 32.2. The predicted molar refractivity (Wildman–Crippen MR) is 88.7 cm³/mol. The van der Waals surface area contributed by atoms with Crippen molar-refractivity contribution in [3.8, 4) is 0 Å². The number of fused-ring (bicyclic) bond motifs is 1. The Morgan fingerprint density at radius 2 is 1.92 bits per heavy atom. The van der Waals surface area contributed by atoms with Crippen molar-refractivity contribution in [1.82, 2.24) is 24.9 Å². The maximum Gasteiger partial charge on any atom is 0.319 e. The van der Waals surface area contributed by atoms with E-state index in [-0.39, 0.29) is 29.6 Å². The fourth-order valence-electron chi connectivity index (χ4n) is 3.71. The molecule has 9 nitrogen and oxygen atoms in total. The molecule has 3 fully saturated rings. The van der Waals surface area contributed by atoms with E-state index in [0.717, 1.165) is 12.8 Å². The molecule has 1 aromatic rings. The van der Waals surface area contributed by atoms with Crippen LogP contribution in [-0.2, 0) is 16.4 Å². The lowest BCUT2D eigenvalue weighted by molar-refractivity contribution is 0.0470. The number of hydrogen-bond acceptors (Lipinski definition) is 7. The van der Waals surface area contributed by atoms with Gasteiger partial charge in [0.2, 0.25) is 11.8 Å². The molecule has 2 amide bonds. The highest BCUT2D eigenvalue weighted by molar-refractivity contribution is 7.91. The van der Waals surface area contributed by atoms with Gasteiger partial charge in [-0.25, -0.2) is 13.2 Å². The van der Waals surface area contributed by atoms with Crippen LogP contribution in [0.2, 0.25) is 0 Å². The fourth-order valence-corrected chi connectivity index (χ4v) is 5.73. The van der Waals surface area contributed by atoms with Gasteiger partial charge in [-0.2, -0.15) is 0 Å². The van der Waals surface area contributed by atoms with Crippen molar-refractivity contribution < 1.29 is 17.6 Å². The molecular weight excluding hydrogens is 346 g/mol. The van der Waals surface area contributed by atoms with E-state index in [2.05, 4.69) is 15.1 Å². The summed E-state index contributed by atoms with van der Waals surface area (Å²) in [5, 5.41) is 8.20. The third-order valence-electron chi connectivity index (χ3n) is 5.17. The molecule has 4 rings (SSSR count). The summed E-state index contributed by atoms with van der Waals surface area (Å²) < 4.78 is 30.1. The van der Waals surface area contributed by atoms with Gasteiger partial charge in [-0.3, -0.25) is 4.90 Å². The Morgan fingerprint density at radius 1 is 1.20 bits per heavy atom. The molecule has 1 aliphatic carbocycles. The number of rotatable bonds is 3. The molecule has 0 aromatic carbocycles. The van der Waals surface area contributed by atoms with Gasteiger partial charge in [0.25, 0.3) is 0 Å². The van der Waals surface area contributed by atoms with Crippen LogP contribution in [0.5, 0.6) is 0 Å². The van der Waals surface area contributed by atoms with Gasteiger partial charge in [0.1, 0.15) is 0 Å². The molecule has 2 aliphatic heterocycles. The average Bonchev–Trinajstić information content (AvgIpc) is 3.19. The summed E-state index contributed by atoms with van der Waals surface area (Å²) in [6, 6.07) is -0.682. The molecule has 3 aliphatic rings. The summed E-state index contributed by atoms with van der Waals surface area (Å²) in [5.74, 6) is 1.70. The molecule has 138 valence electrons. The molecule has 1 saturated carbocycles. The van der Waals surface area contributed by atoms with Crippen LogP contribution in [0.15, 0.2) is 4.42 Å². The zero-order chi connectivity index (χ0) is 17.8. The first-order valence-electron chi connectivity index (χ1n) is 8.59. The third-order valence-corrected chi connectivity index (χ3v) is 6.87. The number of carbonyl (C=O) groups is 1. The van der Waals surface area contributed by atoms with Crippen LogP contribution in [0.1, 0.15) is 30.5 Å². The molecule has 0 unspecified atom stereocenters. The molecule has 10 heteroatoms. The standard InChI is InChI=1S/C15H23N5O4S/c1-18(2)15(21)20-6-5-19(11-8-25(22,23)9-12(11)20)7-13-16-17-14(24-13)10-3-4-10/h10-12H,3-9H2,1-2H3/t11-,12+/m0/s1. The third kappa shape index (κ3) is 3.24. The summed E-state index contributed by atoms with van der Waals surface area (Å²) >= 11 is 0. The number of nitrogens with zero attached hydrogens (tertiary/aromatic N) is 5. The van der Waals surface area contributed by atoms with Gasteiger partial charge in [0.15, 0.2) is 9.84 Å². The second kappa shape index (κ2) is 5.94. The summed E-state index contributed by atoms with van der Waals surface area (Å²) in [6.45, 7) is 1.52. The Labute approximate surface area is 146 Å². The van der Waals surface area contributed by atoms with Crippen LogP contribution >= 0.6 is 0 Å². The lowest BCUT2D eigenvalue weighted by Crippen LogP contribution is -2.61. The van der Waals surface area contributed by atoms with E-state index in [9.17, 15) is 13.2 Å². The van der Waals surface area contributed by atoms with E-state index in [4.69, 9.17) is 4.42 Å². The smallest absolute Gasteiger partial charge is 0.319 e. The zero-order valence-corrected chi connectivity index (χ0v) is 15.3. The number of carbonyl (C=O) groups excluding carboxylic acids is 1. The fraction of sp³-hybridized carbons (Fsp3) is 0.800. The monoisotopic (exact) mass is 369 g/mol. The number of aromatic nitrogens is 2. The first-order chi connectivity index (χ1) is 11.8. The first kappa shape index (κ1) is 16.8. The number of piperazine rings is 1. The number of sulfone groups is 1. The minimum Gasteiger partial charge on any atom is -0.424 e. The molecule has 25 heavy (non-hydrogen) atoms. The second-order valence-electron chi connectivity index (χ2n) is 7.36. The van der Waals surface area contributed by atoms with Crippen molar-refractivity contribution in [1.29, 1.82) is 0 Å². The van der Waals surface area contributed by atoms with Crippen LogP contribution in [0, 0.1) is 0 Å². The van der Waals surface area contributed by atoms with Gasteiger partial charge in [-0.15, -0.1) is 10.2 Å². The average molecular weight is 369 g/mol. The molecule has 2 atom stereocenters. The van der Waals surface area contributed by atoms with Crippen molar-refractivity contribution in [3.05, 3.63) is 11.8 Å². The van der Waals surface area contributed by atoms with E-state index in [0.29, 0.717) is 37.3 Å². The van der Waals surface area contributed by atoms with Crippen LogP contribution in [-0.4, -0.2) is 90.1 Å². The summed E-state index contributed by atoms with van der Waals surface area (Å²) in [4.78, 5) is 17.7. The Kier molecular flexibility index (Phi) is 3.99. The topological polar surface area (TPSA) is 99.8 Å². The van der Waals surface area contributed by atoms with Crippen LogP contribution in [0.25, 0.3) is 0 Å². The van der Waals surface area contributed by atoms with E-state index < -0.39 is 9.84 Å². The van der Waals surface area contributed by atoms with Crippen LogP contribution in [0.3, 0.4) is 0 Å². The number of amides is 2. The maximum absolute atomic E-state index is 12.4. The number of urea groups is 1. The van der Waals surface area contributed by atoms with E-state index in [1.165, 1.54) is 4.90 Å². The molecule has 0 radical (unpaired) electrons. The van der Waals surface area contributed by atoms with Crippen molar-refractivity contribution in [3.63, 3.8) is 0 Å². The van der Waals surface area contributed by atoms with E-state index >= 15 is 0 Å². The Hall–Kier alpha value is -1.68. The van der Waals surface area contributed by atoms with Crippen molar-refractivity contribution in [2.45, 2.75) is 37.4 Å². The quantitative estimate of drug-likeness (QED) is 0.734. The molecule has 1 aromatic heterocycles. The molecule has 2 saturated heterocycles. The molecule has 3 heterocycles. The van der Waals surface area contributed by atoms with E-state index in [1.54, 1.807) is 19.0 Å². The molecular formula is C15H23N5O4S. The molecule has 0 bridgehead atoms. The minimum absolute atomic E-state index is 0.0188. The SMILES string of the molecule is CN(C)C(=O)N1CCN(Cc2nnc(C3CC3)o2)[C@H]2CS(=O)(=O)C[C@H]21.